The van der Waals surface area contributed by atoms with Gasteiger partial charge >= 0.3 is 5.97 Å². The smallest absolute Gasteiger partial charge is 0.340 e. The monoisotopic (exact) mass is 426 g/mol. The normalized spacial score (nSPS) is 10.6. The van der Waals surface area contributed by atoms with Gasteiger partial charge in [-0.25, -0.2) is 4.79 Å². The Hall–Kier alpha value is -3.25. The van der Waals surface area contributed by atoms with Crippen molar-refractivity contribution in [2.75, 3.05) is 19.0 Å². The fraction of sp³-hybridized carbons (Fsp3) is 0.217. The maximum absolute atomic E-state index is 12.6. The highest BCUT2D eigenvalue weighted by atomic mass is 35.5. The highest BCUT2D eigenvalue weighted by molar-refractivity contribution is 6.30. The van der Waals surface area contributed by atoms with Crippen molar-refractivity contribution in [3.63, 3.8) is 0 Å². The zero-order valence-electron chi connectivity index (χ0n) is 17.3. The van der Waals surface area contributed by atoms with Gasteiger partial charge in [0.15, 0.2) is 6.61 Å². The maximum atomic E-state index is 12.6. The lowest BCUT2D eigenvalue weighted by molar-refractivity contribution is -0.119. The number of hydrogen-bond donors (Lipinski definition) is 1. The summed E-state index contributed by atoms with van der Waals surface area (Å²) in [7, 11) is 1.57. The minimum absolute atomic E-state index is 0.373. The van der Waals surface area contributed by atoms with E-state index < -0.39 is 11.9 Å². The maximum Gasteiger partial charge on any atom is 0.340 e. The van der Waals surface area contributed by atoms with Crippen LogP contribution in [0.15, 0.2) is 48.5 Å². The number of aryl methyl sites for hydroxylation is 2. The van der Waals surface area contributed by atoms with Crippen LogP contribution >= 0.6 is 11.6 Å². The largest absolute Gasteiger partial charge is 0.495 e. The molecule has 3 aromatic rings. The van der Waals surface area contributed by atoms with Crippen LogP contribution in [0.1, 0.15) is 27.3 Å². The third kappa shape index (κ3) is 4.49. The molecule has 156 valence electrons. The van der Waals surface area contributed by atoms with Gasteiger partial charge in [-0.15, -0.1) is 0 Å². The molecule has 1 aromatic heterocycles. The van der Waals surface area contributed by atoms with E-state index in [-0.39, 0.29) is 6.61 Å². The van der Waals surface area contributed by atoms with Crippen LogP contribution in [-0.4, -0.2) is 30.2 Å². The number of halogens is 1. The van der Waals surface area contributed by atoms with Gasteiger partial charge in [-0.1, -0.05) is 29.8 Å². The average Bonchev–Trinajstić information content (AvgIpc) is 3.02. The minimum Gasteiger partial charge on any atom is -0.495 e. The van der Waals surface area contributed by atoms with E-state index in [9.17, 15) is 9.59 Å². The first kappa shape index (κ1) is 21.5. The third-order valence-electron chi connectivity index (χ3n) is 4.79. The molecule has 0 unspecified atom stereocenters. The van der Waals surface area contributed by atoms with Gasteiger partial charge in [-0.2, -0.15) is 0 Å². The number of hydrogen-bond acceptors (Lipinski definition) is 4. The standard InChI is InChI=1S/C23H23ClN2O4/c1-14-7-5-6-8-19(14)25-22(27)13-30-23(28)18-11-15(2)26(16(18)3)20-12-17(24)9-10-21(20)29-4/h5-12H,13H2,1-4H3,(H,25,27). The van der Waals surface area contributed by atoms with E-state index in [1.807, 2.05) is 36.6 Å². The molecule has 0 saturated heterocycles. The number of aromatic nitrogens is 1. The van der Waals surface area contributed by atoms with Crippen LogP contribution in [-0.2, 0) is 9.53 Å². The first-order valence-electron chi connectivity index (χ1n) is 9.37. The molecule has 0 radical (unpaired) electrons. The number of rotatable bonds is 6. The van der Waals surface area contributed by atoms with Crippen LogP contribution in [0.5, 0.6) is 5.75 Å². The van der Waals surface area contributed by atoms with Gasteiger partial charge in [0.1, 0.15) is 5.75 Å². The predicted molar refractivity (Wildman–Crippen MR) is 117 cm³/mol. The van der Waals surface area contributed by atoms with Crippen molar-refractivity contribution < 1.29 is 19.1 Å². The van der Waals surface area contributed by atoms with Gasteiger partial charge in [-0.05, 0) is 56.7 Å². The van der Waals surface area contributed by atoms with Crippen LogP contribution in [0.25, 0.3) is 5.69 Å². The van der Waals surface area contributed by atoms with Crippen molar-refractivity contribution in [3.05, 3.63) is 76.1 Å². The molecule has 1 heterocycles. The summed E-state index contributed by atoms with van der Waals surface area (Å²) < 4.78 is 12.5. The first-order valence-corrected chi connectivity index (χ1v) is 9.75. The van der Waals surface area contributed by atoms with Crippen molar-refractivity contribution in [2.45, 2.75) is 20.8 Å². The second kappa shape index (κ2) is 9.05. The molecule has 6 nitrogen and oxygen atoms in total. The molecule has 0 fully saturated rings. The molecule has 1 amide bonds. The number of amides is 1. The Morgan fingerprint density at radius 1 is 1.07 bits per heavy atom. The number of benzene rings is 2. The van der Waals surface area contributed by atoms with Gasteiger partial charge in [0.2, 0.25) is 0 Å². The molecule has 0 spiro atoms. The second-order valence-corrected chi connectivity index (χ2v) is 7.31. The number of nitrogens with zero attached hydrogens (tertiary/aromatic N) is 1. The number of carbonyl (C=O) groups excluding carboxylic acids is 2. The molecule has 0 aliphatic carbocycles. The Bertz CT molecular complexity index is 1100. The fourth-order valence-corrected chi connectivity index (χ4v) is 3.45. The highest BCUT2D eigenvalue weighted by Crippen LogP contribution is 2.30. The lowest BCUT2D eigenvalue weighted by atomic mass is 10.2. The molecule has 0 saturated carbocycles. The van der Waals surface area contributed by atoms with Crippen molar-refractivity contribution in [1.29, 1.82) is 0 Å². The van der Waals surface area contributed by atoms with Crippen molar-refractivity contribution in [1.82, 2.24) is 4.57 Å². The van der Waals surface area contributed by atoms with E-state index in [1.54, 1.807) is 44.4 Å². The lowest BCUT2D eigenvalue weighted by Crippen LogP contribution is -2.21. The Morgan fingerprint density at radius 2 is 1.80 bits per heavy atom. The number of para-hydroxylation sites is 1. The molecule has 0 bridgehead atoms. The number of esters is 1. The summed E-state index contributed by atoms with van der Waals surface area (Å²) in [4.78, 5) is 24.8. The molecular weight excluding hydrogens is 404 g/mol. The predicted octanol–water partition coefficient (Wildman–Crippen LogP) is 4.86. The lowest BCUT2D eigenvalue weighted by Gasteiger charge is -2.14. The number of anilines is 1. The number of methoxy groups -OCH3 is 1. The molecule has 3 rings (SSSR count). The van der Waals surface area contributed by atoms with Crippen LogP contribution in [0.4, 0.5) is 5.69 Å². The summed E-state index contributed by atoms with van der Waals surface area (Å²) in [5, 5.41) is 3.29. The highest BCUT2D eigenvalue weighted by Gasteiger charge is 2.21. The average molecular weight is 427 g/mol. The molecule has 0 atom stereocenters. The van der Waals surface area contributed by atoms with Gasteiger partial charge < -0.3 is 19.4 Å². The van der Waals surface area contributed by atoms with E-state index in [2.05, 4.69) is 5.32 Å². The van der Waals surface area contributed by atoms with Crippen LogP contribution in [0, 0.1) is 20.8 Å². The van der Waals surface area contributed by atoms with Crippen molar-refractivity contribution in [3.8, 4) is 11.4 Å². The van der Waals surface area contributed by atoms with E-state index in [1.165, 1.54) is 0 Å². The molecule has 1 N–H and O–H groups in total. The molecular formula is C23H23ClN2O4. The van der Waals surface area contributed by atoms with E-state index in [0.29, 0.717) is 27.7 Å². The quantitative estimate of drug-likeness (QED) is 0.571. The number of nitrogens with one attached hydrogen (secondary N) is 1. The summed E-state index contributed by atoms with van der Waals surface area (Å²) in [6, 6.07) is 14.4. The summed E-state index contributed by atoms with van der Waals surface area (Å²) >= 11 is 6.15. The van der Waals surface area contributed by atoms with Gasteiger partial charge in [0.25, 0.3) is 5.91 Å². The summed E-state index contributed by atoms with van der Waals surface area (Å²) in [6.45, 7) is 5.18. The summed E-state index contributed by atoms with van der Waals surface area (Å²) in [5.74, 6) is -0.350. The third-order valence-corrected chi connectivity index (χ3v) is 5.02. The Labute approximate surface area is 180 Å². The fourth-order valence-electron chi connectivity index (χ4n) is 3.29. The Balaban J connectivity index is 1.77. The molecule has 2 aromatic carbocycles. The zero-order chi connectivity index (χ0) is 21.8. The van der Waals surface area contributed by atoms with Gasteiger partial charge in [-0.3, -0.25) is 4.79 Å². The van der Waals surface area contributed by atoms with E-state index in [4.69, 9.17) is 21.1 Å². The first-order chi connectivity index (χ1) is 14.3. The Kier molecular flexibility index (Phi) is 6.47. The molecule has 7 heteroatoms. The minimum atomic E-state index is -0.574. The zero-order valence-corrected chi connectivity index (χ0v) is 18.0. The summed E-state index contributed by atoms with van der Waals surface area (Å²) in [6.07, 6.45) is 0. The number of carbonyl (C=O) groups is 2. The van der Waals surface area contributed by atoms with Crippen LogP contribution < -0.4 is 10.1 Å². The van der Waals surface area contributed by atoms with Gasteiger partial charge in [0.05, 0.1) is 18.4 Å². The van der Waals surface area contributed by atoms with Crippen molar-refractivity contribution in [2.24, 2.45) is 0 Å². The number of ether oxygens (including phenoxy) is 2. The van der Waals surface area contributed by atoms with E-state index in [0.717, 1.165) is 16.9 Å². The summed E-state index contributed by atoms with van der Waals surface area (Å²) in [5.41, 5.74) is 4.18. The van der Waals surface area contributed by atoms with Gasteiger partial charge in [0, 0.05) is 22.1 Å². The SMILES string of the molecule is COc1ccc(Cl)cc1-n1c(C)cc(C(=O)OCC(=O)Nc2ccccc2C)c1C. The molecule has 0 aliphatic rings. The van der Waals surface area contributed by atoms with Crippen molar-refractivity contribution >= 4 is 29.2 Å². The van der Waals surface area contributed by atoms with Crippen LogP contribution in [0.3, 0.4) is 0 Å². The van der Waals surface area contributed by atoms with E-state index >= 15 is 0 Å². The molecule has 0 aliphatic heterocycles. The Morgan fingerprint density at radius 3 is 2.50 bits per heavy atom. The second-order valence-electron chi connectivity index (χ2n) is 6.88. The topological polar surface area (TPSA) is 69.6 Å². The molecule has 30 heavy (non-hydrogen) atoms. The van der Waals surface area contributed by atoms with Crippen LogP contribution in [0.2, 0.25) is 5.02 Å².